The van der Waals surface area contributed by atoms with Gasteiger partial charge in [0.05, 0.1) is 11.3 Å². The Morgan fingerprint density at radius 2 is 1.41 bits per heavy atom. The molecule has 188 valence electrons. The van der Waals surface area contributed by atoms with E-state index in [1.54, 1.807) is 24.3 Å². The number of rotatable bonds is 5. The van der Waals surface area contributed by atoms with E-state index in [1.807, 2.05) is 30.4 Å². The lowest BCUT2D eigenvalue weighted by Crippen LogP contribution is -2.29. The second-order valence-corrected chi connectivity index (χ2v) is 8.32. The van der Waals surface area contributed by atoms with Gasteiger partial charge in [-0.2, -0.15) is 0 Å². The van der Waals surface area contributed by atoms with E-state index >= 15 is 0 Å². The summed E-state index contributed by atoms with van der Waals surface area (Å²) in [5.74, 6) is -1.41. The van der Waals surface area contributed by atoms with Gasteiger partial charge in [0.1, 0.15) is 5.58 Å². The summed E-state index contributed by atoms with van der Waals surface area (Å²) in [5, 5.41) is 2.90. The van der Waals surface area contributed by atoms with Crippen molar-refractivity contribution >= 4 is 46.0 Å². The molecule has 0 saturated carbocycles. The van der Waals surface area contributed by atoms with Crippen LogP contribution in [0.5, 0.6) is 0 Å². The van der Waals surface area contributed by atoms with Gasteiger partial charge >= 0.3 is 5.63 Å². The van der Waals surface area contributed by atoms with Gasteiger partial charge in [-0.05, 0) is 56.2 Å². The lowest BCUT2D eigenvalue weighted by Gasteiger charge is -2.21. The van der Waals surface area contributed by atoms with E-state index in [0.29, 0.717) is 22.4 Å². The van der Waals surface area contributed by atoms with Crippen LogP contribution in [0, 0.1) is 6.92 Å². The Labute approximate surface area is 212 Å². The average molecular weight is 500 g/mol. The molecule has 3 aromatic rings. The SMILES string of the molecule is CCN(CC)c1ccc2c(C)c(-c3ccc(N4C(=O)C=CC4=O)cc3)c(=O)oc2c1.O=C1C=CC(=O)N1. The number of aryl methyl sites for hydroxylation is 1. The maximum absolute atomic E-state index is 12.8. The Bertz CT molecular complexity index is 1490. The molecule has 4 amide bonds. The number of imide groups is 2. The number of carbonyl (C=O) groups excluding carboxylic acids is 4. The molecule has 0 unspecified atom stereocenters. The Morgan fingerprint density at radius 1 is 0.811 bits per heavy atom. The third-order valence-corrected chi connectivity index (χ3v) is 6.14. The number of hydrogen-bond donors (Lipinski definition) is 1. The summed E-state index contributed by atoms with van der Waals surface area (Å²) < 4.78 is 5.66. The summed E-state index contributed by atoms with van der Waals surface area (Å²) in [7, 11) is 0. The molecule has 37 heavy (non-hydrogen) atoms. The molecular weight excluding hydrogens is 474 g/mol. The molecule has 2 aromatic carbocycles. The van der Waals surface area contributed by atoms with Crippen molar-refractivity contribution < 1.29 is 23.6 Å². The largest absolute Gasteiger partial charge is 0.422 e. The van der Waals surface area contributed by atoms with Gasteiger partial charge in [-0.1, -0.05) is 12.1 Å². The van der Waals surface area contributed by atoms with Gasteiger partial charge in [-0.25, -0.2) is 9.69 Å². The quantitative estimate of drug-likeness (QED) is 0.423. The number of amides is 4. The van der Waals surface area contributed by atoms with Crippen molar-refractivity contribution in [3.05, 3.63) is 82.8 Å². The first kappa shape index (κ1) is 25.3. The van der Waals surface area contributed by atoms with Gasteiger partial charge in [0.2, 0.25) is 0 Å². The predicted octanol–water partition coefficient (Wildman–Crippen LogP) is 3.24. The molecule has 0 atom stereocenters. The summed E-state index contributed by atoms with van der Waals surface area (Å²) in [6.07, 6.45) is 4.88. The maximum atomic E-state index is 12.8. The maximum Gasteiger partial charge on any atom is 0.344 e. The van der Waals surface area contributed by atoms with Crippen molar-refractivity contribution in [2.24, 2.45) is 0 Å². The van der Waals surface area contributed by atoms with E-state index in [4.69, 9.17) is 4.42 Å². The number of hydrogen-bond acceptors (Lipinski definition) is 7. The fraction of sp³-hybridized carbons (Fsp3) is 0.179. The molecule has 3 heterocycles. The van der Waals surface area contributed by atoms with Gasteiger partial charge < -0.3 is 9.32 Å². The molecule has 5 rings (SSSR count). The minimum absolute atomic E-state index is 0.329. The highest BCUT2D eigenvalue weighted by Crippen LogP contribution is 2.30. The van der Waals surface area contributed by atoms with Crippen LogP contribution in [-0.4, -0.2) is 36.7 Å². The smallest absolute Gasteiger partial charge is 0.344 e. The number of benzene rings is 2. The van der Waals surface area contributed by atoms with Crippen molar-refractivity contribution in [2.75, 3.05) is 22.9 Å². The summed E-state index contributed by atoms with van der Waals surface area (Å²) >= 11 is 0. The monoisotopic (exact) mass is 499 g/mol. The van der Waals surface area contributed by atoms with Crippen LogP contribution in [0.25, 0.3) is 22.1 Å². The molecule has 0 bridgehead atoms. The van der Waals surface area contributed by atoms with Crippen molar-refractivity contribution in [1.29, 1.82) is 0 Å². The molecular formula is C28H25N3O6. The van der Waals surface area contributed by atoms with Gasteiger partial charge in [-0.15, -0.1) is 0 Å². The van der Waals surface area contributed by atoms with Crippen LogP contribution < -0.4 is 20.7 Å². The zero-order valence-corrected chi connectivity index (χ0v) is 20.6. The fourth-order valence-electron chi connectivity index (χ4n) is 4.25. The van der Waals surface area contributed by atoms with Crippen LogP contribution >= 0.6 is 0 Å². The lowest BCUT2D eigenvalue weighted by atomic mass is 9.99. The second-order valence-electron chi connectivity index (χ2n) is 8.32. The van der Waals surface area contributed by atoms with E-state index in [0.717, 1.165) is 34.6 Å². The highest BCUT2D eigenvalue weighted by atomic mass is 16.4. The molecule has 2 aliphatic rings. The van der Waals surface area contributed by atoms with E-state index in [1.165, 1.54) is 24.3 Å². The number of nitrogens with zero attached hydrogens (tertiary/aromatic N) is 2. The second kappa shape index (κ2) is 10.4. The molecule has 1 N–H and O–H groups in total. The summed E-state index contributed by atoms with van der Waals surface area (Å²) in [6.45, 7) is 7.81. The molecule has 9 heteroatoms. The third-order valence-electron chi connectivity index (χ3n) is 6.14. The Balaban J connectivity index is 0.000000396. The number of carbonyl (C=O) groups is 4. The van der Waals surface area contributed by atoms with Gasteiger partial charge in [0.15, 0.2) is 0 Å². The zero-order chi connectivity index (χ0) is 26.7. The Kier molecular flexibility index (Phi) is 7.15. The minimum Gasteiger partial charge on any atom is -0.422 e. The van der Waals surface area contributed by atoms with E-state index in [9.17, 15) is 24.0 Å². The zero-order valence-electron chi connectivity index (χ0n) is 20.6. The summed E-state index contributed by atoms with van der Waals surface area (Å²) in [5.41, 5.74) is 3.59. The molecule has 0 spiro atoms. The standard InChI is InChI=1S/C24H22N2O4.C4H3NO2/c1-4-25(5-2)18-10-11-19-15(3)23(24(29)30-20(19)14-18)16-6-8-17(9-7-16)26-21(27)12-13-22(26)28;6-3-1-2-4(7)5-3/h6-14H,4-5H2,1-3H3;1-2H,(H,5,6,7). The third kappa shape index (κ3) is 5.11. The van der Waals surface area contributed by atoms with Crippen LogP contribution in [0.1, 0.15) is 19.4 Å². The number of nitrogens with one attached hydrogen (secondary N) is 1. The Hall–Kier alpha value is -4.79. The minimum atomic E-state index is -0.417. The number of anilines is 2. The molecule has 0 fully saturated rings. The van der Waals surface area contributed by atoms with Gasteiger partial charge in [-0.3, -0.25) is 24.5 Å². The van der Waals surface area contributed by atoms with Crippen LogP contribution in [0.2, 0.25) is 0 Å². The van der Waals surface area contributed by atoms with Gasteiger partial charge in [0, 0.05) is 54.5 Å². The normalized spacial score (nSPS) is 14.3. The first-order valence-corrected chi connectivity index (χ1v) is 11.8. The molecule has 1 aromatic heterocycles. The predicted molar refractivity (Wildman–Crippen MR) is 140 cm³/mol. The number of fused-ring (bicyclic) bond motifs is 1. The van der Waals surface area contributed by atoms with E-state index < -0.39 is 5.63 Å². The van der Waals surface area contributed by atoms with Crippen LogP contribution in [0.3, 0.4) is 0 Å². The summed E-state index contributed by atoms with van der Waals surface area (Å²) in [6, 6.07) is 12.7. The van der Waals surface area contributed by atoms with Crippen LogP contribution in [-0.2, 0) is 19.2 Å². The van der Waals surface area contributed by atoms with Crippen molar-refractivity contribution in [1.82, 2.24) is 5.32 Å². The molecule has 0 saturated heterocycles. The molecule has 9 nitrogen and oxygen atoms in total. The average Bonchev–Trinajstić information content (AvgIpc) is 3.43. The molecule has 0 aliphatic carbocycles. The van der Waals surface area contributed by atoms with Gasteiger partial charge in [0.25, 0.3) is 23.6 Å². The van der Waals surface area contributed by atoms with E-state index in [2.05, 4.69) is 18.7 Å². The molecule has 0 radical (unpaired) electrons. The molecule has 2 aliphatic heterocycles. The first-order chi connectivity index (χ1) is 17.7. The Morgan fingerprint density at radius 3 is 1.92 bits per heavy atom. The van der Waals surface area contributed by atoms with Crippen LogP contribution in [0.15, 0.2) is 76.0 Å². The highest BCUT2D eigenvalue weighted by Gasteiger charge is 2.25. The summed E-state index contributed by atoms with van der Waals surface area (Å²) in [4.78, 5) is 59.9. The van der Waals surface area contributed by atoms with Crippen LogP contribution in [0.4, 0.5) is 11.4 Å². The topological polar surface area (TPSA) is 117 Å². The van der Waals surface area contributed by atoms with Crippen molar-refractivity contribution in [3.63, 3.8) is 0 Å². The van der Waals surface area contributed by atoms with Crippen molar-refractivity contribution in [2.45, 2.75) is 20.8 Å². The lowest BCUT2D eigenvalue weighted by molar-refractivity contribution is -0.124. The fourth-order valence-corrected chi connectivity index (χ4v) is 4.25. The van der Waals surface area contributed by atoms with E-state index in [-0.39, 0.29) is 23.6 Å². The van der Waals surface area contributed by atoms with Crippen molar-refractivity contribution in [3.8, 4) is 11.1 Å². The first-order valence-electron chi connectivity index (χ1n) is 11.8. The highest BCUT2D eigenvalue weighted by molar-refractivity contribution is 6.28.